The molecule has 0 aromatic carbocycles. The maximum absolute atomic E-state index is 11.3. The third-order valence-electron chi connectivity index (χ3n) is 3.89. The molecule has 0 bridgehead atoms. The van der Waals surface area contributed by atoms with Crippen molar-refractivity contribution in [2.45, 2.75) is 27.7 Å². The lowest BCUT2D eigenvalue weighted by Crippen LogP contribution is -2.07. The van der Waals surface area contributed by atoms with Crippen LogP contribution in [-0.4, -0.2) is 12.8 Å². The summed E-state index contributed by atoms with van der Waals surface area (Å²) in [6, 6.07) is 0. The molecule has 0 radical (unpaired) electrons. The van der Waals surface area contributed by atoms with Crippen molar-refractivity contribution >= 4 is 6.29 Å². The topological polar surface area (TPSA) is 43.1 Å². The summed E-state index contributed by atoms with van der Waals surface area (Å²) >= 11 is 0. The van der Waals surface area contributed by atoms with E-state index in [4.69, 9.17) is 5.73 Å². The normalized spacial score (nSPS) is 14.6. The van der Waals surface area contributed by atoms with Gasteiger partial charge in [-0.3, -0.25) is 4.79 Å². The van der Waals surface area contributed by atoms with E-state index in [1.54, 1.807) is 6.08 Å². The van der Waals surface area contributed by atoms with Gasteiger partial charge in [0.05, 0.1) is 0 Å². The van der Waals surface area contributed by atoms with Gasteiger partial charge in [0.15, 0.2) is 0 Å². The van der Waals surface area contributed by atoms with Gasteiger partial charge in [0.1, 0.15) is 6.29 Å². The highest BCUT2D eigenvalue weighted by Gasteiger charge is 2.04. The number of nitrogens with two attached hydrogens (primary N) is 1. The SMILES string of the molecule is C=C/C=C(/C)C(/C=C/C(=C\C)C(/C)=C/C=C\C(=C)C(=C)C)=C(C=O)CN. The largest absolute Gasteiger partial charge is 0.326 e. The van der Waals surface area contributed by atoms with E-state index in [-0.39, 0.29) is 6.54 Å². The van der Waals surface area contributed by atoms with Crippen molar-refractivity contribution in [3.8, 4) is 0 Å². The van der Waals surface area contributed by atoms with E-state index in [0.717, 1.165) is 39.7 Å². The summed E-state index contributed by atoms with van der Waals surface area (Å²) in [6.07, 6.45) is 16.2. The molecule has 2 heteroatoms. The second kappa shape index (κ2) is 12.6. The minimum atomic E-state index is 0.192. The molecule has 0 atom stereocenters. The summed E-state index contributed by atoms with van der Waals surface area (Å²) in [4.78, 5) is 11.3. The summed E-state index contributed by atoms with van der Waals surface area (Å²) in [5.41, 5.74) is 12.0. The summed E-state index contributed by atoms with van der Waals surface area (Å²) in [7, 11) is 0. The van der Waals surface area contributed by atoms with Crippen molar-refractivity contribution in [2.24, 2.45) is 5.73 Å². The van der Waals surface area contributed by atoms with Crippen molar-refractivity contribution in [1.29, 1.82) is 0 Å². The molecule has 0 saturated heterocycles. The van der Waals surface area contributed by atoms with Gasteiger partial charge in [0.25, 0.3) is 0 Å². The third-order valence-corrected chi connectivity index (χ3v) is 3.89. The highest BCUT2D eigenvalue weighted by Crippen LogP contribution is 2.19. The molecule has 0 spiro atoms. The number of hydrogen-bond donors (Lipinski definition) is 1. The van der Waals surface area contributed by atoms with Crippen molar-refractivity contribution in [1.82, 2.24) is 0 Å². The first-order valence-corrected chi connectivity index (χ1v) is 8.54. The molecule has 26 heavy (non-hydrogen) atoms. The van der Waals surface area contributed by atoms with Crippen molar-refractivity contribution < 1.29 is 4.79 Å². The van der Waals surface area contributed by atoms with Gasteiger partial charge in [0, 0.05) is 12.1 Å². The number of carbonyl (C=O) groups is 1. The molecule has 2 N–H and O–H groups in total. The van der Waals surface area contributed by atoms with E-state index in [0.29, 0.717) is 5.57 Å². The van der Waals surface area contributed by atoms with Crippen LogP contribution >= 0.6 is 0 Å². The Balaban J connectivity index is 5.71. The highest BCUT2D eigenvalue weighted by atomic mass is 16.1. The van der Waals surface area contributed by atoms with Gasteiger partial charge in [-0.15, -0.1) is 0 Å². The average molecular weight is 350 g/mol. The molecular weight excluding hydrogens is 318 g/mol. The molecule has 0 aromatic rings. The van der Waals surface area contributed by atoms with Crippen LogP contribution in [-0.2, 0) is 4.79 Å². The van der Waals surface area contributed by atoms with Crippen LogP contribution in [0.2, 0.25) is 0 Å². The van der Waals surface area contributed by atoms with Gasteiger partial charge < -0.3 is 5.73 Å². The van der Waals surface area contributed by atoms with Gasteiger partial charge >= 0.3 is 0 Å². The minimum absolute atomic E-state index is 0.192. The van der Waals surface area contributed by atoms with Crippen LogP contribution in [0.15, 0.2) is 107 Å². The van der Waals surface area contributed by atoms with Crippen LogP contribution in [0.1, 0.15) is 27.7 Å². The predicted octanol–water partition coefficient (Wildman–Crippen LogP) is 5.71. The maximum atomic E-state index is 11.3. The molecule has 138 valence electrons. The number of aldehydes is 1. The van der Waals surface area contributed by atoms with E-state index >= 15 is 0 Å². The Morgan fingerprint density at radius 2 is 1.65 bits per heavy atom. The van der Waals surface area contributed by atoms with Crippen LogP contribution in [0.5, 0.6) is 0 Å². The zero-order valence-corrected chi connectivity index (χ0v) is 16.5. The standard InChI is InChI=1S/C24H31NO/c1-8-11-21(7)24(23(16-25)17-26)15-14-22(9-2)20(6)13-10-12-19(5)18(3)4/h8-15,17H,1,3,5,16,25H2,2,4,6-7H3/b12-10-,15-14+,20-13+,21-11-,22-9+,24-23?. The van der Waals surface area contributed by atoms with Crippen LogP contribution in [0.25, 0.3) is 0 Å². The van der Waals surface area contributed by atoms with Gasteiger partial charge in [-0.25, -0.2) is 0 Å². The average Bonchev–Trinajstić information content (AvgIpc) is 2.61. The van der Waals surface area contributed by atoms with E-state index in [1.165, 1.54) is 0 Å². The molecule has 0 aromatic heterocycles. The second-order valence-electron chi connectivity index (χ2n) is 5.94. The molecule has 0 aliphatic heterocycles. The fraction of sp³-hybridized carbons (Fsp3) is 0.208. The quantitative estimate of drug-likeness (QED) is 0.312. The van der Waals surface area contributed by atoms with Gasteiger partial charge in [-0.05, 0) is 55.6 Å². The van der Waals surface area contributed by atoms with Crippen LogP contribution in [0, 0.1) is 0 Å². The van der Waals surface area contributed by atoms with Crippen LogP contribution in [0.4, 0.5) is 0 Å². The molecular formula is C24H31NO. The van der Waals surface area contributed by atoms with E-state index in [1.807, 2.05) is 70.2 Å². The summed E-state index contributed by atoms with van der Waals surface area (Å²) in [5.74, 6) is 0. The Hall–Kier alpha value is -2.71. The van der Waals surface area contributed by atoms with Crippen molar-refractivity contribution in [3.05, 3.63) is 107 Å². The predicted molar refractivity (Wildman–Crippen MR) is 116 cm³/mol. The number of allylic oxidation sites excluding steroid dienone is 14. The first-order chi connectivity index (χ1) is 12.3. The first-order valence-electron chi connectivity index (χ1n) is 8.54. The summed E-state index contributed by atoms with van der Waals surface area (Å²) < 4.78 is 0. The fourth-order valence-electron chi connectivity index (χ4n) is 2.16. The van der Waals surface area contributed by atoms with E-state index in [2.05, 4.69) is 19.7 Å². The van der Waals surface area contributed by atoms with Crippen molar-refractivity contribution in [3.63, 3.8) is 0 Å². The molecule has 0 aliphatic rings. The molecule has 0 unspecified atom stereocenters. The van der Waals surface area contributed by atoms with Crippen molar-refractivity contribution in [2.75, 3.05) is 6.54 Å². The zero-order chi connectivity index (χ0) is 20.1. The lowest BCUT2D eigenvalue weighted by atomic mass is 9.98. The smallest absolute Gasteiger partial charge is 0.147 e. The monoisotopic (exact) mass is 349 g/mol. The number of rotatable bonds is 10. The molecule has 2 nitrogen and oxygen atoms in total. The Morgan fingerprint density at radius 1 is 1.00 bits per heavy atom. The third kappa shape index (κ3) is 7.91. The summed E-state index contributed by atoms with van der Waals surface area (Å²) in [5, 5.41) is 0. The molecule has 0 amide bonds. The van der Waals surface area contributed by atoms with Crippen LogP contribution in [0.3, 0.4) is 0 Å². The number of carbonyl (C=O) groups excluding carboxylic acids is 1. The minimum Gasteiger partial charge on any atom is -0.326 e. The lowest BCUT2D eigenvalue weighted by molar-refractivity contribution is -0.104. The van der Waals surface area contributed by atoms with E-state index in [9.17, 15) is 4.79 Å². The van der Waals surface area contributed by atoms with Gasteiger partial charge in [-0.2, -0.15) is 0 Å². The summed E-state index contributed by atoms with van der Waals surface area (Å²) in [6.45, 7) is 19.6. The molecule has 0 saturated carbocycles. The Kier molecular flexibility index (Phi) is 11.3. The van der Waals surface area contributed by atoms with Crippen LogP contribution < -0.4 is 5.73 Å². The first kappa shape index (κ1) is 23.3. The molecule has 0 aliphatic carbocycles. The fourth-order valence-corrected chi connectivity index (χ4v) is 2.16. The van der Waals surface area contributed by atoms with Gasteiger partial charge in [0.2, 0.25) is 0 Å². The molecule has 0 fully saturated rings. The lowest BCUT2D eigenvalue weighted by Gasteiger charge is -2.08. The molecule has 0 heterocycles. The number of hydrogen-bond acceptors (Lipinski definition) is 2. The zero-order valence-electron chi connectivity index (χ0n) is 16.5. The second-order valence-corrected chi connectivity index (χ2v) is 5.94. The molecule has 0 rings (SSSR count). The Morgan fingerprint density at radius 3 is 2.12 bits per heavy atom. The Bertz CT molecular complexity index is 734. The van der Waals surface area contributed by atoms with E-state index < -0.39 is 0 Å². The van der Waals surface area contributed by atoms with Gasteiger partial charge in [-0.1, -0.05) is 73.9 Å². The highest BCUT2D eigenvalue weighted by molar-refractivity contribution is 5.78. The Labute approximate surface area is 158 Å². The maximum Gasteiger partial charge on any atom is 0.147 e.